The second kappa shape index (κ2) is 5.53. The maximum atomic E-state index is 5.70. The Hall–Kier alpha value is -2.04. The van der Waals surface area contributed by atoms with E-state index < -0.39 is 0 Å². The summed E-state index contributed by atoms with van der Waals surface area (Å²) in [5.74, 6) is 1.56. The largest absolute Gasteiger partial charge is 0.497 e. The molecule has 0 fully saturated rings. The number of nitrogens with zero attached hydrogens (tertiary/aromatic N) is 2. The van der Waals surface area contributed by atoms with Crippen molar-refractivity contribution in [2.75, 3.05) is 7.11 Å². The van der Waals surface area contributed by atoms with Gasteiger partial charge in [0.2, 0.25) is 0 Å². The van der Waals surface area contributed by atoms with Crippen molar-refractivity contribution in [1.82, 2.24) is 9.97 Å². The van der Waals surface area contributed by atoms with Crippen molar-refractivity contribution < 1.29 is 9.47 Å². The van der Waals surface area contributed by atoms with Crippen LogP contribution in [0.15, 0.2) is 30.5 Å². The molecule has 0 saturated carbocycles. The molecule has 2 heterocycles. The molecule has 4 nitrogen and oxygen atoms in total. The molecule has 0 N–H and O–H groups in total. The predicted molar refractivity (Wildman–Crippen MR) is 72.3 cm³/mol. The molecule has 2 rings (SSSR count). The van der Waals surface area contributed by atoms with Crippen molar-refractivity contribution >= 4 is 13.4 Å². The molecule has 0 aliphatic carbocycles. The van der Waals surface area contributed by atoms with Crippen LogP contribution in [0, 0.1) is 6.92 Å². The van der Waals surface area contributed by atoms with Gasteiger partial charge in [-0.1, -0.05) is 0 Å². The van der Waals surface area contributed by atoms with Gasteiger partial charge < -0.3 is 9.47 Å². The Balaban J connectivity index is 2.06. The Morgan fingerprint density at radius 3 is 2.83 bits per heavy atom. The zero-order valence-corrected chi connectivity index (χ0v) is 10.8. The highest BCUT2D eigenvalue weighted by Gasteiger charge is 2.03. The highest BCUT2D eigenvalue weighted by Crippen LogP contribution is 2.12. The second-order valence-electron chi connectivity index (χ2n) is 4.01. The number of aryl methyl sites for hydroxylation is 1. The highest BCUT2D eigenvalue weighted by atomic mass is 16.5. The molecule has 0 aliphatic heterocycles. The average Bonchev–Trinajstić information content (AvgIpc) is 2.38. The van der Waals surface area contributed by atoms with Crippen LogP contribution in [0.5, 0.6) is 11.5 Å². The fourth-order valence-electron chi connectivity index (χ4n) is 1.64. The van der Waals surface area contributed by atoms with E-state index in [0.29, 0.717) is 6.61 Å². The van der Waals surface area contributed by atoms with E-state index >= 15 is 0 Å². The predicted octanol–water partition coefficient (Wildman–Crippen LogP) is 0.631. The third-order valence-electron chi connectivity index (χ3n) is 2.58. The number of methoxy groups -OCH3 is 1. The topological polar surface area (TPSA) is 44.2 Å². The van der Waals surface area contributed by atoms with Crippen LogP contribution in [0.1, 0.15) is 11.4 Å². The first-order valence-electron chi connectivity index (χ1n) is 5.75. The lowest BCUT2D eigenvalue weighted by molar-refractivity contribution is 0.301. The quantitative estimate of drug-likeness (QED) is 0.737. The van der Waals surface area contributed by atoms with Gasteiger partial charge in [0.05, 0.1) is 12.8 Å². The lowest BCUT2D eigenvalue weighted by Crippen LogP contribution is -2.14. The number of aromatic nitrogens is 2. The standard InChI is InChI=1S/C13H15BN2O2/c1-9-3-4-12(13(14)16-9)18-8-10-7-11(17-2)5-6-15-10/h3-7H,8,14H2,1-2H3. The summed E-state index contributed by atoms with van der Waals surface area (Å²) in [6.45, 7) is 2.36. The van der Waals surface area contributed by atoms with Crippen molar-refractivity contribution in [3.8, 4) is 11.5 Å². The molecule has 18 heavy (non-hydrogen) atoms. The van der Waals surface area contributed by atoms with Crippen molar-refractivity contribution in [2.24, 2.45) is 0 Å². The first-order chi connectivity index (χ1) is 8.69. The van der Waals surface area contributed by atoms with Gasteiger partial charge in [-0.15, -0.1) is 0 Å². The van der Waals surface area contributed by atoms with E-state index in [1.165, 1.54) is 0 Å². The van der Waals surface area contributed by atoms with E-state index in [2.05, 4.69) is 9.97 Å². The molecule has 92 valence electrons. The SMILES string of the molecule is Bc1nc(C)ccc1OCc1cc(OC)ccn1. The molecule has 0 saturated heterocycles. The lowest BCUT2D eigenvalue weighted by Gasteiger charge is -2.09. The van der Waals surface area contributed by atoms with Crippen molar-refractivity contribution in [3.05, 3.63) is 41.9 Å². The molecule has 0 unspecified atom stereocenters. The van der Waals surface area contributed by atoms with Gasteiger partial charge in [0.1, 0.15) is 18.1 Å². The minimum Gasteiger partial charge on any atom is -0.497 e. The highest BCUT2D eigenvalue weighted by molar-refractivity contribution is 6.32. The van der Waals surface area contributed by atoms with Crippen LogP contribution in [0.3, 0.4) is 0 Å². The van der Waals surface area contributed by atoms with E-state index in [4.69, 9.17) is 9.47 Å². The summed E-state index contributed by atoms with van der Waals surface area (Å²) in [5, 5.41) is 0. The fraction of sp³-hybridized carbons (Fsp3) is 0.231. The number of hydrogen-bond acceptors (Lipinski definition) is 4. The van der Waals surface area contributed by atoms with Crippen LogP contribution in [0.25, 0.3) is 0 Å². The van der Waals surface area contributed by atoms with Gasteiger partial charge in [-0.25, -0.2) is 0 Å². The van der Waals surface area contributed by atoms with Gasteiger partial charge >= 0.3 is 0 Å². The first kappa shape index (κ1) is 12.4. The van der Waals surface area contributed by atoms with Gasteiger partial charge in [0.25, 0.3) is 0 Å². The molecule has 2 aromatic heterocycles. The molecular weight excluding hydrogens is 227 g/mol. The fourth-order valence-corrected chi connectivity index (χ4v) is 1.64. The van der Waals surface area contributed by atoms with Crippen LogP contribution in [-0.2, 0) is 6.61 Å². The van der Waals surface area contributed by atoms with Crippen LogP contribution in [-0.4, -0.2) is 24.9 Å². The molecule has 0 aliphatic rings. The van der Waals surface area contributed by atoms with Crippen LogP contribution in [0.4, 0.5) is 0 Å². The van der Waals surface area contributed by atoms with Crippen molar-refractivity contribution in [3.63, 3.8) is 0 Å². The molecule has 2 aromatic rings. The van der Waals surface area contributed by atoms with E-state index in [1.54, 1.807) is 13.3 Å². The molecule has 0 atom stereocenters. The third kappa shape index (κ3) is 3.00. The van der Waals surface area contributed by atoms with Crippen LogP contribution >= 0.6 is 0 Å². The maximum absolute atomic E-state index is 5.70. The van der Waals surface area contributed by atoms with Gasteiger partial charge in [-0.05, 0) is 25.1 Å². The van der Waals surface area contributed by atoms with Gasteiger partial charge in [-0.3, -0.25) is 9.97 Å². The summed E-state index contributed by atoms with van der Waals surface area (Å²) in [4.78, 5) is 8.57. The van der Waals surface area contributed by atoms with Gasteiger partial charge in [-0.2, -0.15) is 0 Å². The minimum absolute atomic E-state index is 0.406. The van der Waals surface area contributed by atoms with E-state index in [0.717, 1.165) is 28.5 Å². The number of pyridine rings is 2. The van der Waals surface area contributed by atoms with Crippen LogP contribution in [0.2, 0.25) is 0 Å². The van der Waals surface area contributed by atoms with Crippen LogP contribution < -0.4 is 15.1 Å². The van der Waals surface area contributed by atoms with E-state index in [-0.39, 0.29) is 0 Å². The Bertz CT molecular complexity index is 546. The Morgan fingerprint density at radius 2 is 2.11 bits per heavy atom. The van der Waals surface area contributed by atoms with E-state index in [1.807, 2.05) is 39.0 Å². The average molecular weight is 242 g/mol. The van der Waals surface area contributed by atoms with E-state index in [9.17, 15) is 0 Å². The number of rotatable bonds is 4. The van der Waals surface area contributed by atoms with Crippen molar-refractivity contribution in [1.29, 1.82) is 0 Å². The summed E-state index contributed by atoms with van der Waals surface area (Å²) >= 11 is 0. The molecule has 0 amide bonds. The molecule has 0 aromatic carbocycles. The smallest absolute Gasteiger partial charge is 0.168 e. The summed E-state index contributed by atoms with van der Waals surface area (Å²) in [7, 11) is 3.56. The number of hydrogen-bond donors (Lipinski definition) is 0. The summed E-state index contributed by atoms with van der Waals surface area (Å²) in [5.41, 5.74) is 2.70. The molecule has 5 heteroatoms. The number of ether oxygens (including phenoxy) is 2. The first-order valence-corrected chi connectivity index (χ1v) is 5.75. The Morgan fingerprint density at radius 1 is 1.28 bits per heavy atom. The van der Waals surface area contributed by atoms with Gasteiger partial charge in [0.15, 0.2) is 7.85 Å². The lowest BCUT2D eigenvalue weighted by atomic mass is 10.0. The van der Waals surface area contributed by atoms with Gasteiger partial charge in [0, 0.05) is 23.6 Å². The zero-order valence-electron chi connectivity index (χ0n) is 10.8. The summed E-state index contributed by atoms with van der Waals surface area (Å²) in [6.07, 6.45) is 1.71. The Labute approximate surface area is 107 Å². The molecule has 0 bridgehead atoms. The maximum Gasteiger partial charge on any atom is 0.168 e. The minimum atomic E-state index is 0.406. The normalized spacial score (nSPS) is 10.1. The third-order valence-corrected chi connectivity index (χ3v) is 2.58. The Kier molecular flexibility index (Phi) is 3.82. The second-order valence-corrected chi connectivity index (χ2v) is 4.01. The summed E-state index contributed by atoms with van der Waals surface area (Å²) in [6, 6.07) is 7.53. The monoisotopic (exact) mass is 242 g/mol. The molecule has 0 radical (unpaired) electrons. The van der Waals surface area contributed by atoms with Crippen molar-refractivity contribution in [2.45, 2.75) is 13.5 Å². The zero-order chi connectivity index (χ0) is 13.0. The molecular formula is C13H15BN2O2. The summed E-state index contributed by atoms with van der Waals surface area (Å²) < 4.78 is 10.8. The molecule has 0 spiro atoms.